The molecular weight excluding hydrogens is 450 g/mol. The molecule has 4 aromatic rings. The van der Waals surface area contributed by atoms with E-state index in [1.165, 1.54) is 0 Å². The predicted octanol–water partition coefficient (Wildman–Crippen LogP) is 6.04. The van der Waals surface area contributed by atoms with E-state index in [1.807, 2.05) is 54.3 Å². The lowest BCUT2D eigenvalue weighted by molar-refractivity contribution is -0.117. The van der Waals surface area contributed by atoms with Crippen LogP contribution in [0.25, 0.3) is 11.0 Å². The third kappa shape index (κ3) is 4.68. The van der Waals surface area contributed by atoms with Crippen molar-refractivity contribution in [1.29, 1.82) is 0 Å². The maximum absolute atomic E-state index is 13.1. The zero-order valence-corrected chi connectivity index (χ0v) is 21.2. The van der Waals surface area contributed by atoms with Gasteiger partial charge in [-0.1, -0.05) is 42.5 Å². The third-order valence-electron chi connectivity index (χ3n) is 6.81. The summed E-state index contributed by atoms with van der Waals surface area (Å²) >= 11 is 0. The topological polar surface area (TPSA) is 56.6 Å². The second kappa shape index (κ2) is 10.4. The van der Waals surface area contributed by atoms with Gasteiger partial charge in [0.05, 0.1) is 29.9 Å². The third-order valence-corrected chi connectivity index (χ3v) is 6.81. The first-order valence-corrected chi connectivity index (χ1v) is 12.7. The summed E-state index contributed by atoms with van der Waals surface area (Å²) in [6, 6.07) is 22.2. The van der Waals surface area contributed by atoms with Gasteiger partial charge >= 0.3 is 0 Å². The van der Waals surface area contributed by atoms with Gasteiger partial charge in [0.15, 0.2) is 0 Å². The maximum Gasteiger partial charge on any atom is 0.227 e. The van der Waals surface area contributed by atoms with E-state index in [0.29, 0.717) is 26.2 Å². The number of ether oxygens (including phenoxy) is 2. The van der Waals surface area contributed by atoms with Gasteiger partial charge < -0.3 is 18.9 Å². The lowest BCUT2D eigenvalue weighted by Gasteiger charge is -2.20. The van der Waals surface area contributed by atoms with Gasteiger partial charge in [-0.2, -0.15) is 0 Å². The van der Waals surface area contributed by atoms with E-state index in [1.54, 1.807) is 0 Å². The monoisotopic (exact) mass is 483 g/mol. The molecule has 1 fully saturated rings. The first-order chi connectivity index (χ1) is 17.6. The van der Waals surface area contributed by atoms with Crippen LogP contribution in [0.1, 0.15) is 42.6 Å². The minimum absolute atomic E-state index is 0.0131. The van der Waals surface area contributed by atoms with E-state index in [-0.39, 0.29) is 11.8 Å². The maximum atomic E-state index is 13.1. The molecule has 186 valence electrons. The first kappa shape index (κ1) is 23.9. The van der Waals surface area contributed by atoms with Crippen molar-refractivity contribution in [2.45, 2.75) is 46.1 Å². The molecule has 1 unspecified atom stereocenters. The Labute approximate surface area is 212 Å². The Morgan fingerprint density at radius 1 is 0.944 bits per heavy atom. The fourth-order valence-electron chi connectivity index (χ4n) is 5.14. The lowest BCUT2D eigenvalue weighted by Crippen LogP contribution is -2.25. The Bertz CT molecular complexity index is 1360. The van der Waals surface area contributed by atoms with Crippen LogP contribution in [0.5, 0.6) is 11.5 Å². The van der Waals surface area contributed by atoms with Crippen molar-refractivity contribution in [2.24, 2.45) is 0 Å². The molecule has 1 amide bonds. The molecule has 3 aromatic carbocycles. The molecule has 0 saturated carbocycles. The van der Waals surface area contributed by atoms with Crippen molar-refractivity contribution < 1.29 is 14.3 Å². The molecule has 1 aromatic heterocycles. The normalized spacial score (nSPS) is 15.6. The first-order valence-electron chi connectivity index (χ1n) is 12.7. The number of aromatic nitrogens is 2. The minimum Gasteiger partial charge on any atom is -0.493 e. The Kier molecular flexibility index (Phi) is 6.94. The van der Waals surface area contributed by atoms with Crippen LogP contribution in [-0.4, -0.2) is 35.2 Å². The number of fused-ring (bicyclic) bond motifs is 1. The SMILES string of the molecule is CCOc1ccccc1N1CC(c2nc3ccccc3n2CCCOc2c(C)cccc2C)CC1=O. The molecule has 1 aliphatic rings. The van der Waals surface area contributed by atoms with Crippen LogP contribution in [0, 0.1) is 13.8 Å². The number of hydrogen-bond acceptors (Lipinski definition) is 4. The number of rotatable bonds is 9. The van der Waals surface area contributed by atoms with Crippen molar-refractivity contribution in [3.8, 4) is 11.5 Å². The van der Waals surface area contributed by atoms with Gasteiger partial charge in [0, 0.05) is 25.4 Å². The van der Waals surface area contributed by atoms with Crippen LogP contribution in [-0.2, 0) is 11.3 Å². The van der Waals surface area contributed by atoms with Crippen molar-refractivity contribution >= 4 is 22.6 Å². The average Bonchev–Trinajstić information content (AvgIpc) is 3.44. The summed E-state index contributed by atoms with van der Waals surface area (Å²) in [7, 11) is 0. The highest BCUT2D eigenvalue weighted by Crippen LogP contribution is 2.37. The fraction of sp³-hybridized carbons (Fsp3) is 0.333. The number of amides is 1. The van der Waals surface area contributed by atoms with Crippen LogP contribution in [0.15, 0.2) is 66.7 Å². The number of imidazole rings is 1. The standard InChI is InChI=1S/C30H33N3O3/c1-4-35-27-16-8-7-15-26(27)33-20-23(19-28(33)34)30-31-24-13-5-6-14-25(24)32(30)17-10-18-36-29-21(2)11-9-12-22(29)3/h5-9,11-16,23H,4,10,17-20H2,1-3H3. The zero-order valence-electron chi connectivity index (χ0n) is 21.2. The zero-order chi connectivity index (χ0) is 25.1. The van der Waals surface area contributed by atoms with E-state index in [0.717, 1.165) is 58.1 Å². The van der Waals surface area contributed by atoms with Gasteiger partial charge in [0.2, 0.25) is 5.91 Å². The van der Waals surface area contributed by atoms with E-state index in [2.05, 4.69) is 42.7 Å². The van der Waals surface area contributed by atoms with Crippen molar-refractivity contribution in [2.75, 3.05) is 24.7 Å². The number of nitrogens with zero attached hydrogens (tertiary/aromatic N) is 3. The number of carbonyl (C=O) groups is 1. The number of para-hydroxylation sites is 5. The Balaban J connectivity index is 1.36. The Morgan fingerprint density at radius 2 is 1.69 bits per heavy atom. The summed E-state index contributed by atoms with van der Waals surface area (Å²) in [6.07, 6.45) is 1.28. The number of aryl methyl sites for hydroxylation is 3. The number of carbonyl (C=O) groups excluding carboxylic acids is 1. The Hall–Kier alpha value is -3.80. The molecule has 0 bridgehead atoms. The number of anilines is 1. The molecule has 36 heavy (non-hydrogen) atoms. The molecule has 1 aliphatic heterocycles. The van der Waals surface area contributed by atoms with Crippen LogP contribution in [0.3, 0.4) is 0 Å². The molecular formula is C30H33N3O3. The summed E-state index contributed by atoms with van der Waals surface area (Å²) in [5.41, 5.74) is 5.20. The number of hydrogen-bond donors (Lipinski definition) is 0. The molecule has 6 heteroatoms. The molecule has 1 saturated heterocycles. The van der Waals surface area contributed by atoms with E-state index in [4.69, 9.17) is 14.5 Å². The van der Waals surface area contributed by atoms with Gasteiger partial charge in [-0.3, -0.25) is 4.79 Å². The molecule has 1 atom stereocenters. The summed E-state index contributed by atoms with van der Waals surface area (Å²) in [6.45, 7) is 8.66. The number of benzene rings is 3. The van der Waals surface area contributed by atoms with E-state index >= 15 is 0 Å². The van der Waals surface area contributed by atoms with Crippen molar-refractivity contribution in [3.05, 3.63) is 83.7 Å². The smallest absolute Gasteiger partial charge is 0.227 e. The average molecular weight is 484 g/mol. The van der Waals surface area contributed by atoms with Crippen molar-refractivity contribution in [3.63, 3.8) is 0 Å². The fourth-order valence-corrected chi connectivity index (χ4v) is 5.14. The second-order valence-electron chi connectivity index (χ2n) is 9.34. The Morgan fingerprint density at radius 3 is 2.50 bits per heavy atom. The molecule has 2 heterocycles. The lowest BCUT2D eigenvalue weighted by atomic mass is 10.1. The molecule has 6 nitrogen and oxygen atoms in total. The molecule has 0 aliphatic carbocycles. The van der Waals surface area contributed by atoms with Crippen LogP contribution in [0.2, 0.25) is 0 Å². The van der Waals surface area contributed by atoms with Crippen LogP contribution in [0.4, 0.5) is 5.69 Å². The van der Waals surface area contributed by atoms with Gasteiger partial charge in [0.25, 0.3) is 0 Å². The van der Waals surface area contributed by atoms with Gasteiger partial charge in [-0.15, -0.1) is 0 Å². The summed E-state index contributed by atoms with van der Waals surface area (Å²) in [5.74, 6) is 2.79. The predicted molar refractivity (Wildman–Crippen MR) is 143 cm³/mol. The highest BCUT2D eigenvalue weighted by Gasteiger charge is 2.36. The van der Waals surface area contributed by atoms with E-state index < -0.39 is 0 Å². The van der Waals surface area contributed by atoms with Gasteiger partial charge in [-0.25, -0.2) is 4.98 Å². The molecule has 0 N–H and O–H groups in total. The van der Waals surface area contributed by atoms with Crippen LogP contribution < -0.4 is 14.4 Å². The van der Waals surface area contributed by atoms with Crippen LogP contribution >= 0.6 is 0 Å². The molecule has 0 spiro atoms. The minimum atomic E-state index is 0.0131. The quantitative estimate of drug-likeness (QED) is 0.272. The largest absolute Gasteiger partial charge is 0.493 e. The molecule has 5 rings (SSSR count). The summed E-state index contributed by atoms with van der Waals surface area (Å²) < 4.78 is 14.2. The highest BCUT2D eigenvalue weighted by atomic mass is 16.5. The van der Waals surface area contributed by atoms with Crippen molar-refractivity contribution in [1.82, 2.24) is 9.55 Å². The second-order valence-corrected chi connectivity index (χ2v) is 9.34. The van der Waals surface area contributed by atoms with Gasteiger partial charge in [0.1, 0.15) is 17.3 Å². The van der Waals surface area contributed by atoms with Gasteiger partial charge in [-0.05, 0) is 62.6 Å². The molecule has 0 radical (unpaired) electrons. The summed E-state index contributed by atoms with van der Waals surface area (Å²) in [5, 5.41) is 0. The summed E-state index contributed by atoms with van der Waals surface area (Å²) in [4.78, 5) is 20.0. The highest BCUT2D eigenvalue weighted by molar-refractivity contribution is 5.97. The van der Waals surface area contributed by atoms with E-state index in [9.17, 15) is 4.79 Å².